The molecule has 0 saturated heterocycles. The Morgan fingerprint density at radius 2 is 2.06 bits per heavy atom. The van der Waals surface area contributed by atoms with Crippen LogP contribution < -0.4 is 5.32 Å². The fraction of sp³-hybridized carbons (Fsp3) is 0.214. The zero-order chi connectivity index (χ0) is 11.0. The molecule has 0 saturated carbocycles. The van der Waals surface area contributed by atoms with E-state index in [9.17, 15) is 0 Å². The Morgan fingerprint density at radius 1 is 1.19 bits per heavy atom. The number of hydrogen-bond donors (Lipinski definition) is 1. The number of aromatic nitrogens is 1. The fourth-order valence-electron chi connectivity index (χ4n) is 2.35. The Balaban J connectivity index is 2.08. The molecule has 80 valence electrons. The summed E-state index contributed by atoms with van der Waals surface area (Å²) in [5.74, 6) is 0. The second-order valence-electron chi connectivity index (χ2n) is 4.24. The van der Waals surface area contributed by atoms with Gasteiger partial charge in [-0.05, 0) is 35.2 Å². The Labute approximate surface area is 95.3 Å². The van der Waals surface area contributed by atoms with Crippen molar-refractivity contribution in [3.63, 3.8) is 0 Å². The number of nitrogens with one attached hydrogen (secondary N) is 1. The highest BCUT2D eigenvalue weighted by atomic mass is 14.9. The second kappa shape index (κ2) is 3.72. The maximum Gasteiger partial charge on any atom is 0.0600 e. The molecule has 0 bridgehead atoms. The molecule has 1 aromatic carbocycles. The average Bonchev–Trinajstić information content (AvgIpc) is 2.74. The summed E-state index contributed by atoms with van der Waals surface area (Å²) in [6, 6.07) is 11.0. The lowest BCUT2D eigenvalue weighted by molar-refractivity contribution is 0.661. The minimum Gasteiger partial charge on any atom is -0.302 e. The van der Waals surface area contributed by atoms with Crippen molar-refractivity contribution in [2.75, 3.05) is 0 Å². The molecule has 1 aromatic heterocycles. The van der Waals surface area contributed by atoms with Crippen molar-refractivity contribution in [3.05, 3.63) is 65.0 Å². The Kier molecular flexibility index (Phi) is 2.22. The van der Waals surface area contributed by atoms with E-state index in [1.807, 2.05) is 12.4 Å². The van der Waals surface area contributed by atoms with E-state index in [2.05, 4.69) is 47.6 Å². The minimum absolute atomic E-state index is 0.310. The topological polar surface area (TPSA) is 24.9 Å². The summed E-state index contributed by atoms with van der Waals surface area (Å²) < 4.78 is 0. The number of fused-ring (bicyclic) bond motifs is 1. The Hall–Kier alpha value is -1.67. The summed E-state index contributed by atoms with van der Waals surface area (Å²) >= 11 is 0. The fourth-order valence-corrected chi connectivity index (χ4v) is 2.35. The Morgan fingerprint density at radius 3 is 2.94 bits per heavy atom. The van der Waals surface area contributed by atoms with Gasteiger partial charge in [0.25, 0.3) is 0 Å². The van der Waals surface area contributed by atoms with Gasteiger partial charge in [0.15, 0.2) is 0 Å². The van der Waals surface area contributed by atoms with Crippen LogP contribution in [0.15, 0.2) is 42.7 Å². The van der Waals surface area contributed by atoms with Crippen molar-refractivity contribution in [1.82, 2.24) is 10.3 Å². The van der Waals surface area contributed by atoms with Crippen LogP contribution in [0.4, 0.5) is 0 Å². The standard InChI is InChI=1S/C14H14N2/c1-10-6-7-15-9-13(10)14-12-5-3-2-4-11(12)8-16-14/h2-7,9,14,16H,8H2,1H3. The molecule has 2 nitrogen and oxygen atoms in total. The van der Waals surface area contributed by atoms with Crippen LogP contribution >= 0.6 is 0 Å². The van der Waals surface area contributed by atoms with E-state index >= 15 is 0 Å². The van der Waals surface area contributed by atoms with Crippen LogP contribution in [0.3, 0.4) is 0 Å². The molecule has 0 radical (unpaired) electrons. The molecule has 1 unspecified atom stereocenters. The lowest BCUT2D eigenvalue weighted by Gasteiger charge is -2.14. The number of rotatable bonds is 1. The van der Waals surface area contributed by atoms with Crippen molar-refractivity contribution in [2.45, 2.75) is 19.5 Å². The van der Waals surface area contributed by atoms with Crippen molar-refractivity contribution >= 4 is 0 Å². The first-order chi connectivity index (χ1) is 7.86. The molecular formula is C14H14N2. The van der Waals surface area contributed by atoms with Crippen LogP contribution in [0.1, 0.15) is 28.3 Å². The van der Waals surface area contributed by atoms with Gasteiger partial charge >= 0.3 is 0 Å². The van der Waals surface area contributed by atoms with Crippen LogP contribution in [-0.4, -0.2) is 4.98 Å². The molecule has 3 rings (SSSR count). The predicted octanol–water partition coefficient (Wildman–Crippen LogP) is 2.58. The van der Waals surface area contributed by atoms with Crippen LogP contribution in [0.25, 0.3) is 0 Å². The first kappa shape index (κ1) is 9.55. The van der Waals surface area contributed by atoms with Crippen molar-refractivity contribution in [1.29, 1.82) is 0 Å². The number of pyridine rings is 1. The molecule has 2 heterocycles. The van der Waals surface area contributed by atoms with Gasteiger partial charge in [-0.3, -0.25) is 4.98 Å². The molecule has 0 amide bonds. The zero-order valence-electron chi connectivity index (χ0n) is 9.27. The largest absolute Gasteiger partial charge is 0.302 e. The highest BCUT2D eigenvalue weighted by Crippen LogP contribution is 2.31. The molecule has 0 fully saturated rings. The van der Waals surface area contributed by atoms with Gasteiger partial charge in [-0.25, -0.2) is 0 Å². The van der Waals surface area contributed by atoms with Gasteiger partial charge in [-0.2, -0.15) is 0 Å². The first-order valence-corrected chi connectivity index (χ1v) is 5.58. The normalized spacial score (nSPS) is 18.4. The first-order valence-electron chi connectivity index (χ1n) is 5.58. The molecule has 1 aliphatic heterocycles. The van der Waals surface area contributed by atoms with E-state index in [1.165, 1.54) is 22.3 Å². The van der Waals surface area contributed by atoms with Gasteiger partial charge in [0.2, 0.25) is 0 Å². The predicted molar refractivity (Wildman–Crippen MR) is 64.1 cm³/mol. The van der Waals surface area contributed by atoms with Gasteiger partial charge in [-0.15, -0.1) is 0 Å². The molecule has 1 N–H and O–H groups in total. The van der Waals surface area contributed by atoms with Crippen molar-refractivity contribution < 1.29 is 0 Å². The minimum atomic E-state index is 0.310. The summed E-state index contributed by atoms with van der Waals surface area (Å²) in [5.41, 5.74) is 5.37. The highest BCUT2D eigenvalue weighted by Gasteiger charge is 2.23. The van der Waals surface area contributed by atoms with E-state index in [4.69, 9.17) is 0 Å². The molecule has 0 spiro atoms. The average molecular weight is 210 g/mol. The zero-order valence-corrected chi connectivity index (χ0v) is 9.27. The van der Waals surface area contributed by atoms with Gasteiger partial charge in [0.05, 0.1) is 6.04 Å². The van der Waals surface area contributed by atoms with Crippen LogP contribution in [0.5, 0.6) is 0 Å². The molecule has 0 aliphatic carbocycles. The summed E-state index contributed by atoms with van der Waals surface area (Å²) in [7, 11) is 0. The highest BCUT2D eigenvalue weighted by molar-refractivity contribution is 5.42. The molecule has 16 heavy (non-hydrogen) atoms. The maximum absolute atomic E-state index is 4.22. The molecular weight excluding hydrogens is 196 g/mol. The van der Waals surface area contributed by atoms with Gasteiger partial charge in [0.1, 0.15) is 0 Å². The van der Waals surface area contributed by atoms with E-state index in [0.29, 0.717) is 6.04 Å². The third-order valence-electron chi connectivity index (χ3n) is 3.25. The van der Waals surface area contributed by atoms with Crippen molar-refractivity contribution in [3.8, 4) is 0 Å². The van der Waals surface area contributed by atoms with Crippen LogP contribution in [-0.2, 0) is 6.54 Å². The van der Waals surface area contributed by atoms with E-state index < -0.39 is 0 Å². The van der Waals surface area contributed by atoms with Gasteiger partial charge < -0.3 is 5.32 Å². The SMILES string of the molecule is Cc1ccncc1C1NCc2ccccc21. The summed E-state index contributed by atoms with van der Waals surface area (Å²) in [4.78, 5) is 4.22. The maximum atomic E-state index is 4.22. The number of hydrogen-bond acceptors (Lipinski definition) is 2. The second-order valence-corrected chi connectivity index (χ2v) is 4.24. The number of nitrogens with zero attached hydrogens (tertiary/aromatic N) is 1. The molecule has 2 aromatic rings. The Bertz CT molecular complexity index is 520. The van der Waals surface area contributed by atoms with Crippen LogP contribution in [0, 0.1) is 6.92 Å². The summed E-state index contributed by atoms with van der Waals surface area (Å²) in [5, 5.41) is 3.54. The van der Waals surface area contributed by atoms with Gasteiger partial charge in [-0.1, -0.05) is 24.3 Å². The van der Waals surface area contributed by atoms with E-state index in [0.717, 1.165) is 6.54 Å². The van der Waals surface area contributed by atoms with E-state index in [1.54, 1.807) is 0 Å². The monoisotopic (exact) mass is 210 g/mol. The van der Waals surface area contributed by atoms with Gasteiger partial charge in [0, 0.05) is 18.9 Å². The van der Waals surface area contributed by atoms with Crippen molar-refractivity contribution in [2.24, 2.45) is 0 Å². The van der Waals surface area contributed by atoms with E-state index in [-0.39, 0.29) is 0 Å². The number of aryl methyl sites for hydroxylation is 1. The molecule has 1 atom stereocenters. The summed E-state index contributed by atoms with van der Waals surface area (Å²) in [6.07, 6.45) is 3.81. The quantitative estimate of drug-likeness (QED) is 0.782. The lowest BCUT2D eigenvalue weighted by atomic mass is 9.97. The smallest absolute Gasteiger partial charge is 0.0600 e. The summed E-state index contributed by atoms with van der Waals surface area (Å²) in [6.45, 7) is 3.09. The lowest BCUT2D eigenvalue weighted by Crippen LogP contribution is -2.14. The third kappa shape index (κ3) is 1.42. The molecule has 1 aliphatic rings. The molecule has 2 heteroatoms. The third-order valence-corrected chi connectivity index (χ3v) is 3.25. The number of benzene rings is 1. The van der Waals surface area contributed by atoms with Crippen LogP contribution in [0.2, 0.25) is 0 Å².